The van der Waals surface area contributed by atoms with E-state index in [-0.39, 0.29) is 25.1 Å². The number of benzene rings is 3. The Morgan fingerprint density at radius 2 is 1.74 bits per heavy atom. The molecule has 0 unspecified atom stereocenters. The summed E-state index contributed by atoms with van der Waals surface area (Å²) in [5.74, 6) is 1.40. The Morgan fingerprint density at radius 3 is 2.50 bits per heavy atom. The van der Waals surface area contributed by atoms with E-state index in [1.54, 1.807) is 19.1 Å². The van der Waals surface area contributed by atoms with Gasteiger partial charge >= 0.3 is 0 Å². The van der Waals surface area contributed by atoms with Gasteiger partial charge in [-0.15, -0.1) is 0 Å². The van der Waals surface area contributed by atoms with Crippen LogP contribution in [-0.4, -0.2) is 37.3 Å². The van der Waals surface area contributed by atoms with E-state index in [9.17, 15) is 9.18 Å². The number of anilines is 1. The van der Waals surface area contributed by atoms with E-state index in [1.165, 1.54) is 6.07 Å². The topological polar surface area (TPSA) is 60.0 Å². The largest absolute Gasteiger partial charge is 0.483 e. The number of hydrogen-bond donors (Lipinski definition) is 1. The fourth-order valence-electron chi connectivity index (χ4n) is 3.80. The van der Waals surface area contributed by atoms with Gasteiger partial charge in [-0.05, 0) is 73.1 Å². The van der Waals surface area contributed by atoms with Crippen LogP contribution in [0.3, 0.4) is 0 Å². The maximum Gasteiger partial charge on any atom is 0.262 e. The lowest BCUT2D eigenvalue weighted by molar-refractivity contribution is -0.118. The molecule has 0 radical (unpaired) electrons. The van der Waals surface area contributed by atoms with Crippen LogP contribution in [-0.2, 0) is 11.3 Å². The zero-order valence-corrected chi connectivity index (χ0v) is 19.7. The minimum atomic E-state index is -0.362. The summed E-state index contributed by atoms with van der Waals surface area (Å²) in [6.07, 6.45) is 0. The summed E-state index contributed by atoms with van der Waals surface area (Å²) in [4.78, 5) is 14.7. The fraction of sp³-hybridized carbons (Fsp3) is 0.296. The van der Waals surface area contributed by atoms with E-state index >= 15 is 0 Å². The molecule has 1 amide bonds. The summed E-state index contributed by atoms with van der Waals surface area (Å²) < 4.78 is 30.6. The van der Waals surface area contributed by atoms with Gasteiger partial charge in [-0.1, -0.05) is 32.0 Å². The van der Waals surface area contributed by atoms with Crippen LogP contribution in [0.1, 0.15) is 25.0 Å². The number of aryl methyl sites for hydroxylation is 1. The molecule has 0 fully saturated rings. The van der Waals surface area contributed by atoms with Gasteiger partial charge in [0.1, 0.15) is 11.6 Å². The Morgan fingerprint density at radius 1 is 1.00 bits per heavy atom. The highest BCUT2D eigenvalue weighted by atomic mass is 19.1. The van der Waals surface area contributed by atoms with Crippen molar-refractivity contribution in [1.82, 2.24) is 4.90 Å². The molecule has 1 aliphatic heterocycles. The van der Waals surface area contributed by atoms with Crippen molar-refractivity contribution < 1.29 is 23.4 Å². The summed E-state index contributed by atoms with van der Waals surface area (Å²) in [7, 11) is 0. The van der Waals surface area contributed by atoms with Gasteiger partial charge in [0.25, 0.3) is 5.91 Å². The molecule has 3 aromatic rings. The standard InChI is InChI=1S/C27H29FN2O4/c1-4-30(5-2)15-21-12-19(20-8-11-25-26(13-20)34-17-33-25)7-10-24(21)32-16-27(31)29-22-9-6-18(3)23(28)14-22/h6-14H,4-5,15-17H2,1-3H3,(H,29,31). The van der Waals surface area contributed by atoms with Crippen molar-refractivity contribution in [2.45, 2.75) is 27.3 Å². The molecular weight excluding hydrogens is 435 g/mol. The third-order valence-corrected chi connectivity index (χ3v) is 5.87. The monoisotopic (exact) mass is 464 g/mol. The number of carbonyl (C=O) groups excluding carboxylic acids is 1. The van der Waals surface area contributed by atoms with Gasteiger partial charge in [0.2, 0.25) is 6.79 Å². The van der Waals surface area contributed by atoms with E-state index in [1.807, 2.05) is 30.3 Å². The molecule has 0 atom stereocenters. The van der Waals surface area contributed by atoms with Gasteiger partial charge in [-0.25, -0.2) is 4.39 Å². The fourth-order valence-corrected chi connectivity index (χ4v) is 3.80. The highest BCUT2D eigenvalue weighted by Crippen LogP contribution is 2.37. The Balaban J connectivity index is 1.52. The van der Waals surface area contributed by atoms with Crippen LogP contribution < -0.4 is 19.5 Å². The van der Waals surface area contributed by atoms with Gasteiger partial charge in [0.15, 0.2) is 18.1 Å². The van der Waals surface area contributed by atoms with Gasteiger partial charge in [0, 0.05) is 17.8 Å². The maximum absolute atomic E-state index is 13.8. The number of nitrogens with one attached hydrogen (secondary N) is 1. The molecule has 0 aromatic heterocycles. The second-order valence-electron chi connectivity index (χ2n) is 8.15. The van der Waals surface area contributed by atoms with Crippen LogP contribution >= 0.6 is 0 Å². The Labute approximate surface area is 199 Å². The van der Waals surface area contributed by atoms with Gasteiger partial charge in [-0.2, -0.15) is 0 Å². The molecule has 0 saturated heterocycles. The normalized spacial score (nSPS) is 12.1. The number of carbonyl (C=O) groups is 1. The molecule has 34 heavy (non-hydrogen) atoms. The number of nitrogens with zero attached hydrogens (tertiary/aromatic N) is 1. The minimum absolute atomic E-state index is 0.176. The van der Waals surface area contributed by atoms with E-state index in [2.05, 4.69) is 30.1 Å². The predicted octanol–water partition coefficient (Wildman–Crippen LogP) is 5.39. The van der Waals surface area contributed by atoms with E-state index < -0.39 is 0 Å². The summed E-state index contributed by atoms with van der Waals surface area (Å²) in [5.41, 5.74) is 3.94. The van der Waals surface area contributed by atoms with Crippen LogP contribution in [0.25, 0.3) is 11.1 Å². The lowest BCUT2D eigenvalue weighted by Crippen LogP contribution is -2.24. The Kier molecular flexibility index (Phi) is 7.33. The number of hydrogen-bond acceptors (Lipinski definition) is 5. The number of halogens is 1. The summed E-state index contributed by atoms with van der Waals surface area (Å²) in [6.45, 7) is 8.42. The van der Waals surface area contributed by atoms with Crippen molar-refractivity contribution in [3.05, 3.63) is 71.5 Å². The van der Waals surface area contributed by atoms with Gasteiger partial charge < -0.3 is 19.5 Å². The zero-order valence-electron chi connectivity index (χ0n) is 19.7. The quantitative estimate of drug-likeness (QED) is 0.460. The summed E-state index contributed by atoms with van der Waals surface area (Å²) in [5, 5.41) is 2.68. The molecule has 7 heteroatoms. The summed E-state index contributed by atoms with van der Waals surface area (Å²) in [6, 6.07) is 16.4. The maximum atomic E-state index is 13.8. The molecule has 0 saturated carbocycles. The third-order valence-electron chi connectivity index (χ3n) is 5.87. The molecule has 0 aliphatic carbocycles. The van der Waals surface area contributed by atoms with Crippen molar-refractivity contribution in [2.75, 3.05) is 31.8 Å². The highest BCUT2D eigenvalue weighted by Gasteiger charge is 2.16. The molecule has 1 N–H and O–H groups in total. The van der Waals surface area contributed by atoms with E-state index in [0.717, 1.165) is 41.3 Å². The average molecular weight is 465 g/mol. The Hall–Kier alpha value is -3.58. The van der Waals surface area contributed by atoms with Crippen LogP contribution in [0.15, 0.2) is 54.6 Å². The second-order valence-corrected chi connectivity index (χ2v) is 8.15. The highest BCUT2D eigenvalue weighted by molar-refractivity contribution is 5.91. The van der Waals surface area contributed by atoms with Crippen LogP contribution in [0.5, 0.6) is 17.2 Å². The lowest BCUT2D eigenvalue weighted by atomic mass is 10.0. The van der Waals surface area contributed by atoms with Crippen molar-refractivity contribution in [2.24, 2.45) is 0 Å². The van der Waals surface area contributed by atoms with Gasteiger partial charge in [-0.3, -0.25) is 9.69 Å². The van der Waals surface area contributed by atoms with Crippen molar-refractivity contribution >= 4 is 11.6 Å². The van der Waals surface area contributed by atoms with Crippen molar-refractivity contribution in [3.63, 3.8) is 0 Å². The first-order valence-electron chi connectivity index (χ1n) is 11.4. The smallest absolute Gasteiger partial charge is 0.262 e. The van der Waals surface area contributed by atoms with Crippen LogP contribution in [0.4, 0.5) is 10.1 Å². The molecule has 0 bridgehead atoms. The Bertz CT molecular complexity index is 1180. The molecule has 1 heterocycles. The molecule has 1 aliphatic rings. The number of fused-ring (bicyclic) bond motifs is 1. The summed E-state index contributed by atoms with van der Waals surface area (Å²) >= 11 is 0. The number of rotatable bonds is 9. The minimum Gasteiger partial charge on any atom is -0.483 e. The van der Waals surface area contributed by atoms with Crippen molar-refractivity contribution in [1.29, 1.82) is 0 Å². The average Bonchev–Trinajstić information content (AvgIpc) is 3.32. The number of ether oxygens (including phenoxy) is 3. The second kappa shape index (κ2) is 10.6. The lowest BCUT2D eigenvalue weighted by Gasteiger charge is -2.21. The first kappa shape index (κ1) is 23.6. The van der Waals surface area contributed by atoms with Crippen LogP contribution in [0.2, 0.25) is 0 Å². The molecule has 3 aromatic carbocycles. The SMILES string of the molecule is CCN(CC)Cc1cc(-c2ccc3c(c2)OCO3)ccc1OCC(=O)Nc1ccc(C)c(F)c1. The first-order valence-corrected chi connectivity index (χ1v) is 11.4. The van der Waals surface area contributed by atoms with Gasteiger partial charge in [0.05, 0.1) is 0 Å². The molecule has 6 nitrogen and oxygen atoms in total. The molecule has 4 rings (SSSR count). The van der Waals surface area contributed by atoms with E-state index in [4.69, 9.17) is 14.2 Å². The third kappa shape index (κ3) is 5.48. The first-order chi connectivity index (χ1) is 16.5. The molecule has 178 valence electrons. The molecular formula is C27H29FN2O4. The molecule has 0 spiro atoms. The van der Waals surface area contributed by atoms with E-state index in [0.29, 0.717) is 23.5 Å². The van der Waals surface area contributed by atoms with Crippen LogP contribution in [0, 0.1) is 12.7 Å². The number of amides is 1. The van der Waals surface area contributed by atoms with Crippen molar-refractivity contribution in [3.8, 4) is 28.4 Å². The predicted molar refractivity (Wildman–Crippen MR) is 130 cm³/mol. The zero-order chi connectivity index (χ0) is 24.1.